The van der Waals surface area contributed by atoms with Gasteiger partial charge in [-0.05, 0) is 17.3 Å². The molecule has 0 fully saturated rings. The highest BCUT2D eigenvalue weighted by molar-refractivity contribution is 6.38. The fourth-order valence-electron chi connectivity index (χ4n) is 0.902. The van der Waals surface area contributed by atoms with E-state index in [0.29, 0.717) is 0 Å². The van der Waals surface area contributed by atoms with Crippen LogP contribution in [0.5, 0.6) is 0 Å². The van der Waals surface area contributed by atoms with Gasteiger partial charge in [-0.3, -0.25) is 9.97 Å². The lowest BCUT2D eigenvalue weighted by atomic mass is 9.95. The molecule has 42 valence electrons. The molecule has 0 aliphatic rings. The molecule has 0 N–H and O–H groups in total. The maximum absolute atomic E-state index is 4.12. The topological polar surface area (TPSA) is 25.8 Å². The van der Waals surface area contributed by atoms with E-state index in [0.717, 1.165) is 16.9 Å². The zero-order valence-corrected chi connectivity index (χ0v) is 5.97. The van der Waals surface area contributed by atoms with Crippen molar-refractivity contribution in [3.63, 3.8) is 0 Å². The first kappa shape index (κ1) is 6.40. The van der Waals surface area contributed by atoms with E-state index >= 15 is 0 Å². The van der Waals surface area contributed by atoms with Gasteiger partial charge in [-0.1, -0.05) is 0 Å². The standard InChI is InChI=1S/C4H7B3N2/c5-2-1-3(6)9-4(7)8-2/h1H,5-7H2. The lowest BCUT2D eigenvalue weighted by Crippen LogP contribution is -2.32. The highest BCUT2D eigenvalue weighted by atomic mass is 14.8. The Labute approximate surface area is 57.3 Å². The molecule has 0 saturated heterocycles. The molecule has 1 rings (SSSR count). The van der Waals surface area contributed by atoms with Crippen LogP contribution in [0.1, 0.15) is 0 Å². The van der Waals surface area contributed by atoms with Crippen LogP contribution < -0.4 is 16.9 Å². The first-order valence-corrected chi connectivity index (χ1v) is 2.97. The summed E-state index contributed by atoms with van der Waals surface area (Å²) >= 11 is 0. The van der Waals surface area contributed by atoms with Gasteiger partial charge < -0.3 is 0 Å². The van der Waals surface area contributed by atoms with Crippen molar-refractivity contribution in [1.82, 2.24) is 9.97 Å². The molecule has 0 aromatic carbocycles. The van der Waals surface area contributed by atoms with E-state index in [2.05, 4.69) is 9.97 Å². The molecule has 9 heavy (non-hydrogen) atoms. The van der Waals surface area contributed by atoms with E-state index in [1.165, 1.54) is 0 Å². The quantitative estimate of drug-likeness (QED) is 0.318. The number of rotatable bonds is 0. The van der Waals surface area contributed by atoms with Crippen molar-refractivity contribution in [2.75, 3.05) is 0 Å². The predicted octanol–water partition coefficient (Wildman–Crippen LogP) is -4.75. The average molecular weight is 116 g/mol. The molecule has 5 heteroatoms. The van der Waals surface area contributed by atoms with E-state index in [1.807, 2.05) is 29.6 Å². The number of aromatic nitrogens is 2. The second-order valence-corrected chi connectivity index (χ2v) is 2.20. The lowest BCUT2D eigenvalue weighted by molar-refractivity contribution is 1.31. The van der Waals surface area contributed by atoms with Crippen molar-refractivity contribution >= 4 is 40.4 Å². The minimum atomic E-state index is 0.854. The maximum atomic E-state index is 4.12. The summed E-state index contributed by atoms with van der Waals surface area (Å²) in [5, 5.41) is 0. The van der Waals surface area contributed by atoms with Crippen molar-refractivity contribution in [3.05, 3.63) is 6.07 Å². The largest absolute Gasteiger partial charge is 0.260 e. The van der Waals surface area contributed by atoms with Gasteiger partial charge in [-0.2, -0.15) is 0 Å². The summed E-state index contributed by atoms with van der Waals surface area (Å²) in [5.74, 6) is 0. The Morgan fingerprint density at radius 2 is 1.44 bits per heavy atom. The van der Waals surface area contributed by atoms with Crippen LogP contribution in [0.2, 0.25) is 0 Å². The van der Waals surface area contributed by atoms with Crippen LogP contribution in [0.15, 0.2) is 6.07 Å². The van der Waals surface area contributed by atoms with Crippen molar-refractivity contribution in [2.24, 2.45) is 0 Å². The van der Waals surface area contributed by atoms with Gasteiger partial charge in [-0.25, -0.2) is 0 Å². The van der Waals surface area contributed by atoms with Gasteiger partial charge >= 0.3 is 0 Å². The predicted molar refractivity (Wildman–Crippen MR) is 46.6 cm³/mol. The Kier molecular flexibility index (Phi) is 1.60. The molecular weight excluding hydrogens is 108 g/mol. The Bertz CT molecular complexity index is 175. The lowest BCUT2D eigenvalue weighted by Gasteiger charge is -1.96. The van der Waals surface area contributed by atoms with Gasteiger partial charge in [0.2, 0.25) is 0 Å². The van der Waals surface area contributed by atoms with Crippen molar-refractivity contribution in [3.8, 4) is 0 Å². The zero-order valence-electron chi connectivity index (χ0n) is 5.97. The molecule has 1 aromatic heterocycles. The van der Waals surface area contributed by atoms with E-state index in [1.54, 1.807) is 0 Å². The smallest absolute Gasteiger partial charge is 0.189 e. The zero-order chi connectivity index (χ0) is 6.85. The Balaban J connectivity index is 3.17. The molecule has 2 nitrogen and oxygen atoms in total. The number of nitrogens with zero attached hydrogens (tertiary/aromatic N) is 2. The van der Waals surface area contributed by atoms with Crippen molar-refractivity contribution < 1.29 is 0 Å². The van der Waals surface area contributed by atoms with E-state index < -0.39 is 0 Å². The molecule has 1 aromatic rings. The normalized spacial score (nSPS) is 9.33. The van der Waals surface area contributed by atoms with Gasteiger partial charge in [0.05, 0.1) is 5.72 Å². The fraction of sp³-hybridized carbons (Fsp3) is 0. The van der Waals surface area contributed by atoms with Crippen molar-refractivity contribution in [1.29, 1.82) is 0 Å². The van der Waals surface area contributed by atoms with Crippen molar-refractivity contribution in [2.45, 2.75) is 0 Å². The molecule has 0 saturated carbocycles. The van der Waals surface area contributed by atoms with Crippen LogP contribution in [-0.4, -0.2) is 33.5 Å². The summed E-state index contributed by atoms with van der Waals surface area (Å²) in [6.45, 7) is 0. The molecule has 0 aliphatic heterocycles. The summed E-state index contributed by atoms with van der Waals surface area (Å²) in [6.07, 6.45) is 0. The third kappa shape index (κ3) is 1.59. The Morgan fingerprint density at radius 1 is 1.00 bits per heavy atom. The van der Waals surface area contributed by atoms with Crippen LogP contribution in [0, 0.1) is 0 Å². The minimum Gasteiger partial charge on any atom is -0.260 e. The molecule has 0 amide bonds. The summed E-state index contributed by atoms with van der Waals surface area (Å²) in [7, 11) is 5.85. The van der Waals surface area contributed by atoms with Gasteiger partial charge in [0.25, 0.3) is 0 Å². The summed E-state index contributed by atoms with van der Waals surface area (Å²) < 4.78 is 0. The first-order chi connectivity index (χ1) is 4.18. The van der Waals surface area contributed by atoms with Gasteiger partial charge in [-0.15, -0.1) is 0 Å². The second kappa shape index (κ2) is 2.25. The molecule has 0 aliphatic carbocycles. The fourth-order valence-corrected chi connectivity index (χ4v) is 0.902. The third-order valence-corrected chi connectivity index (χ3v) is 1.09. The van der Waals surface area contributed by atoms with Gasteiger partial charge in [0.15, 0.2) is 23.5 Å². The molecule has 1 heterocycles. The van der Waals surface area contributed by atoms with E-state index in [4.69, 9.17) is 0 Å². The highest BCUT2D eigenvalue weighted by Gasteiger charge is 1.90. The minimum absolute atomic E-state index is 0.854. The molecular formula is C4H7B3N2. The van der Waals surface area contributed by atoms with E-state index in [-0.39, 0.29) is 0 Å². The number of hydrogen-bond acceptors (Lipinski definition) is 2. The van der Waals surface area contributed by atoms with Crippen LogP contribution in [-0.2, 0) is 0 Å². The van der Waals surface area contributed by atoms with Gasteiger partial charge in [0.1, 0.15) is 0 Å². The maximum Gasteiger partial charge on any atom is 0.189 e. The van der Waals surface area contributed by atoms with Gasteiger partial charge in [0, 0.05) is 0 Å². The van der Waals surface area contributed by atoms with Crippen LogP contribution in [0.25, 0.3) is 0 Å². The molecule has 0 radical (unpaired) electrons. The average Bonchev–Trinajstić information content (AvgIpc) is 1.59. The second-order valence-electron chi connectivity index (χ2n) is 2.20. The third-order valence-electron chi connectivity index (χ3n) is 1.09. The molecule has 0 unspecified atom stereocenters. The van der Waals surface area contributed by atoms with Crippen LogP contribution in [0.4, 0.5) is 0 Å². The SMILES string of the molecule is Bc1cc(B)nc(B)n1. The Hall–Kier alpha value is -0.725. The highest BCUT2D eigenvalue weighted by Crippen LogP contribution is 1.57. The Morgan fingerprint density at radius 3 is 1.78 bits per heavy atom. The first-order valence-electron chi connectivity index (χ1n) is 2.97. The summed E-state index contributed by atoms with van der Waals surface area (Å²) in [6, 6.07) is 1.97. The van der Waals surface area contributed by atoms with Crippen LogP contribution in [0.3, 0.4) is 0 Å². The van der Waals surface area contributed by atoms with Crippen LogP contribution >= 0.6 is 0 Å². The molecule has 0 bridgehead atoms. The monoisotopic (exact) mass is 116 g/mol. The summed E-state index contributed by atoms with van der Waals surface area (Å²) in [5.41, 5.74) is 2.94. The molecule has 0 atom stereocenters. The summed E-state index contributed by atoms with van der Waals surface area (Å²) in [4.78, 5) is 8.25. The molecule has 0 spiro atoms. The number of hydrogen-bond donors (Lipinski definition) is 0. The van der Waals surface area contributed by atoms with E-state index in [9.17, 15) is 0 Å².